The molecule has 9 heavy (non-hydrogen) atoms. The summed E-state index contributed by atoms with van der Waals surface area (Å²) in [4.78, 5) is 0. The van der Waals surface area contributed by atoms with Gasteiger partial charge in [0.15, 0.2) is 0 Å². The van der Waals surface area contributed by atoms with Gasteiger partial charge < -0.3 is 5.43 Å². The van der Waals surface area contributed by atoms with Gasteiger partial charge in [-0.05, 0) is 13.0 Å². The summed E-state index contributed by atoms with van der Waals surface area (Å²) in [5.41, 5.74) is 3.54. The fourth-order valence-electron chi connectivity index (χ4n) is 0.222. The van der Waals surface area contributed by atoms with Crippen molar-refractivity contribution in [3.05, 3.63) is 12.7 Å². The van der Waals surface area contributed by atoms with E-state index in [1.54, 1.807) is 13.1 Å². The van der Waals surface area contributed by atoms with Crippen molar-refractivity contribution in [3.8, 4) is 0 Å². The molecule has 0 aliphatic carbocycles. The van der Waals surface area contributed by atoms with E-state index >= 15 is 0 Å². The van der Waals surface area contributed by atoms with Crippen molar-refractivity contribution in [2.24, 2.45) is 5.10 Å². The molecule has 0 aromatic rings. The number of nitrogens with zero attached hydrogens (tertiary/aromatic N) is 1. The summed E-state index contributed by atoms with van der Waals surface area (Å²) < 4.78 is 0. The number of hydrogen-bond donors (Lipinski definition) is 1. The molecule has 2 heteroatoms. The largest absolute Gasteiger partial charge is 0.313 e. The first-order valence-corrected chi connectivity index (χ1v) is 3.14. The highest BCUT2D eigenvalue weighted by Crippen LogP contribution is 1.70. The highest BCUT2D eigenvalue weighted by atomic mass is 15.3. The lowest BCUT2D eigenvalue weighted by Gasteiger charge is -1.86. The fourth-order valence-corrected chi connectivity index (χ4v) is 0.222. The van der Waals surface area contributed by atoms with Crippen LogP contribution in [0.2, 0.25) is 0 Å². The maximum absolute atomic E-state index is 3.79. The summed E-state index contributed by atoms with van der Waals surface area (Å²) in [6.45, 7) is 9.39. The standard InChI is InChI=1S/C5H10N2.C2H6/c1-4-5(2)7-6-3;1-2/h4,6H,1H2,2-3H3;1-2H3/b7-5-;. The summed E-state index contributed by atoms with van der Waals surface area (Å²) in [6, 6.07) is 0. The Kier molecular flexibility index (Phi) is 12.6. The summed E-state index contributed by atoms with van der Waals surface area (Å²) in [6.07, 6.45) is 1.69. The highest BCUT2D eigenvalue weighted by molar-refractivity contribution is 5.91. The van der Waals surface area contributed by atoms with Gasteiger partial charge in [0.1, 0.15) is 0 Å². The van der Waals surface area contributed by atoms with Crippen LogP contribution in [0.25, 0.3) is 0 Å². The first-order valence-electron chi connectivity index (χ1n) is 3.14. The van der Waals surface area contributed by atoms with Crippen molar-refractivity contribution >= 4 is 5.71 Å². The summed E-state index contributed by atoms with van der Waals surface area (Å²) in [5, 5.41) is 3.79. The predicted octanol–water partition coefficient (Wildman–Crippen LogP) is 1.79. The Hall–Kier alpha value is -0.790. The van der Waals surface area contributed by atoms with Gasteiger partial charge in [-0.2, -0.15) is 5.10 Å². The molecular weight excluding hydrogens is 112 g/mol. The molecule has 0 aliphatic heterocycles. The van der Waals surface area contributed by atoms with Gasteiger partial charge in [0.2, 0.25) is 0 Å². The third-order valence-corrected chi connectivity index (χ3v) is 0.584. The molecule has 0 aromatic carbocycles. The summed E-state index contributed by atoms with van der Waals surface area (Å²) >= 11 is 0. The maximum atomic E-state index is 3.79. The molecule has 0 spiro atoms. The van der Waals surface area contributed by atoms with Crippen molar-refractivity contribution < 1.29 is 0 Å². The van der Waals surface area contributed by atoms with E-state index < -0.39 is 0 Å². The molecule has 0 aromatic heterocycles. The number of rotatable bonds is 2. The van der Waals surface area contributed by atoms with E-state index in [1.165, 1.54) is 0 Å². The molecule has 0 fully saturated rings. The lowest BCUT2D eigenvalue weighted by atomic mass is 10.4. The van der Waals surface area contributed by atoms with Crippen LogP contribution in [-0.4, -0.2) is 12.8 Å². The molecule has 54 valence electrons. The lowest BCUT2D eigenvalue weighted by molar-refractivity contribution is 0.901. The minimum absolute atomic E-state index is 0.905. The minimum atomic E-state index is 0.905. The maximum Gasteiger partial charge on any atom is 0.0566 e. The van der Waals surface area contributed by atoms with Crippen molar-refractivity contribution in [2.45, 2.75) is 20.8 Å². The molecule has 1 N–H and O–H groups in total. The van der Waals surface area contributed by atoms with Crippen LogP contribution in [0, 0.1) is 0 Å². The van der Waals surface area contributed by atoms with Crippen LogP contribution in [0.5, 0.6) is 0 Å². The molecule has 0 rings (SSSR count). The molecule has 0 atom stereocenters. The van der Waals surface area contributed by atoms with Crippen LogP contribution in [0.4, 0.5) is 0 Å². The van der Waals surface area contributed by atoms with Crippen LogP contribution < -0.4 is 5.43 Å². The van der Waals surface area contributed by atoms with Crippen molar-refractivity contribution in [2.75, 3.05) is 7.05 Å². The van der Waals surface area contributed by atoms with Gasteiger partial charge in [-0.1, -0.05) is 20.4 Å². The van der Waals surface area contributed by atoms with Crippen LogP contribution in [0.1, 0.15) is 20.8 Å². The Morgan fingerprint density at radius 3 is 2.11 bits per heavy atom. The van der Waals surface area contributed by atoms with Gasteiger partial charge in [0, 0.05) is 7.05 Å². The molecule has 0 unspecified atom stereocenters. The molecule has 0 saturated carbocycles. The average Bonchev–Trinajstić information content (AvgIpc) is 1.93. The minimum Gasteiger partial charge on any atom is -0.313 e. The topological polar surface area (TPSA) is 24.4 Å². The Bertz CT molecular complexity index is 84.9. The Morgan fingerprint density at radius 1 is 1.56 bits per heavy atom. The van der Waals surface area contributed by atoms with Gasteiger partial charge in [-0.25, -0.2) is 0 Å². The predicted molar refractivity (Wildman–Crippen MR) is 43.7 cm³/mol. The van der Waals surface area contributed by atoms with E-state index in [2.05, 4.69) is 17.1 Å². The zero-order valence-corrected chi connectivity index (χ0v) is 6.73. The van der Waals surface area contributed by atoms with E-state index in [0.717, 1.165) is 5.71 Å². The van der Waals surface area contributed by atoms with E-state index in [-0.39, 0.29) is 0 Å². The number of hydrogen-bond acceptors (Lipinski definition) is 2. The van der Waals surface area contributed by atoms with Crippen molar-refractivity contribution in [1.82, 2.24) is 5.43 Å². The number of hydrazone groups is 1. The fraction of sp³-hybridized carbons (Fsp3) is 0.571. The Morgan fingerprint density at radius 2 is 2.00 bits per heavy atom. The quantitative estimate of drug-likeness (QED) is 0.445. The van der Waals surface area contributed by atoms with Crippen molar-refractivity contribution in [3.63, 3.8) is 0 Å². The van der Waals surface area contributed by atoms with Crippen LogP contribution in [0.15, 0.2) is 17.8 Å². The van der Waals surface area contributed by atoms with Gasteiger partial charge in [-0.3, -0.25) is 0 Å². The second kappa shape index (κ2) is 10.2. The Labute approximate surface area is 57.7 Å². The smallest absolute Gasteiger partial charge is 0.0566 e. The normalized spacial score (nSPS) is 9.11. The number of allylic oxidation sites excluding steroid dienone is 1. The SMILES string of the molecule is C=C/C(C)=N\NC.CC. The summed E-state index contributed by atoms with van der Waals surface area (Å²) in [7, 11) is 1.76. The van der Waals surface area contributed by atoms with Crippen molar-refractivity contribution in [1.29, 1.82) is 0 Å². The molecular formula is C7H16N2. The van der Waals surface area contributed by atoms with Gasteiger partial charge >= 0.3 is 0 Å². The third kappa shape index (κ3) is 11.0. The highest BCUT2D eigenvalue weighted by Gasteiger charge is 1.72. The van der Waals surface area contributed by atoms with E-state index in [0.29, 0.717) is 0 Å². The zero-order chi connectivity index (χ0) is 7.70. The second-order valence-electron chi connectivity index (χ2n) is 1.18. The monoisotopic (exact) mass is 128 g/mol. The van der Waals surface area contributed by atoms with E-state index in [4.69, 9.17) is 0 Å². The average molecular weight is 128 g/mol. The van der Waals surface area contributed by atoms with Gasteiger partial charge in [-0.15, -0.1) is 0 Å². The molecule has 0 bridgehead atoms. The molecule has 2 nitrogen and oxygen atoms in total. The van der Waals surface area contributed by atoms with Crippen LogP contribution in [-0.2, 0) is 0 Å². The molecule has 0 amide bonds. The summed E-state index contributed by atoms with van der Waals surface area (Å²) in [5.74, 6) is 0. The molecule has 0 heterocycles. The van der Waals surface area contributed by atoms with E-state index in [9.17, 15) is 0 Å². The first-order chi connectivity index (χ1) is 4.31. The van der Waals surface area contributed by atoms with Gasteiger partial charge in [0.05, 0.1) is 5.71 Å². The first kappa shape index (κ1) is 11.1. The molecule has 0 saturated heterocycles. The molecule has 0 aliphatic rings. The second-order valence-corrected chi connectivity index (χ2v) is 1.18. The lowest BCUT2D eigenvalue weighted by Crippen LogP contribution is -1.97. The Balaban J connectivity index is 0. The van der Waals surface area contributed by atoms with Gasteiger partial charge in [0.25, 0.3) is 0 Å². The zero-order valence-electron chi connectivity index (χ0n) is 6.73. The third-order valence-electron chi connectivity index (χ3n) is 0.584. The van der Waals surface area contributed by atoms with Crippen LogP contribution >= 0.6 is 0 Å². The van der Waals surface area contributed by atoms with E-state index in [1.807, 2.05) is 20.8 Å². The number of nitrogens with one attached hydrogen (secondary N) is 1. The van der Waals surface area contributed by atoms with Crippen LogP contribution in [0.3, 0.4) is 0 Å². The molecule has 0 radical (unpaired) electrons.